The van der Waals surface area contributed by atoms with Crippen molar-refractivity contribution in [3.63, 3.8) is 0 Å². The molecule has 2 aromatic rings. The van der Waals surface area contributed by atoms with Gasteiger partial charge in [-0.05, 0) is 30.2 Å². The van der Waals surface area contributed by atoms with Gasteiger partial charge in [-0.15, -0.1) is 0 Å². The van der Waals surface area contributed by atoms with Crippen LogP contribution in [0.1, 0.15) is 36.6 Å². The van der Waals surface area contributed by atoms with Crippen LogP contribution < -0.4 is 10.6 Å². The zero-order valence-electron chi connectivity index (χ0n) is 15.3. The summed E-state index contributed by atoms with van der Waals surface area (Å²) in [6, 6.07) is 15.5. The van der Waals surface area contributed by atoms with Gasteiger partial charge in [0, 0.05) is 25.6 Å². The highest BCUT2D eigenvalue weighted by molar-refractivity contribution is 5.79. The Bertz CT molecular complexity index is 780. The van der Waals surface area contributed by atoms with Crippen molar-refractivity contribution < 1.29 is 14.0 Å². The molecule has 2 aromatic carbocycles. The molecule has 2 amide bonds. The fraction of sp³-hybridized carbons (Fsp3) is 0.333. The number of halogens is 1. The van der Waals surface area contributed by atoms with E-state index in [-0.39, 0.29) is 36.3 Å². The summed E-state index contributed by atoms with van der Waals surface area (Å²) < 4.78 is 13.1. The van der Waals surface area contributed by atoms with E-state index < -0.39 is 0 Å². The molecule has 0 saturated carbocycles. The Morgan fingerprint density at radius 1 is 1.22 bits per heavy atom. The number of hydrogen-bond donors (Lipinski definition) is 2. The Morgan fingerprint density at radius 2 is 1.93 bits per heavy atom. The van der Waals surface area contributed by atoms with E-state index >= 15 is 0 Å². The van der Waals surface area contributed by atoms with Gasteiger partial charge in [-0.1, -0.05) is 42.5 Å². The monoisotopic (exact) mass is 369 g/mol. The van der Waals surface area contributed by atoms with Crippen molar-refractivity contribution in [1.29, 1.82) is 0 Å². The maximum atomic E-state index is 13.1. The molecule has 3 rings (SSSR count). The molecule has 0 aliphatic carbocycles. The molecule has 27 heavy (non-hydrogen) atoms. The summed E-state index contributed by atoms with van der Waals surface area (Å²) in [4.78, 5) is 26.6. The van der Waals surface area contributed by atoms with Crippen LogP contribution in [-0.2, 0) is 9.59 Å². The van der Waals surface area contributed by atoms with E-state index in [1.165, 1.54) is 12.1 Å². The predicted octanol–water partition coefficient (Wildman–Crippen LogP) is 2.57. The van der Waals surface area contributed by atoms with Gasteiger partial charge < -0.3 is 10.6 Å². The highest BCUT2D eigenvalue weighted by Crippen LogP contribution is 2.25. The van der Waals surface area contributed by atoms with E-state index in [4.69, 9.17) is 0 Å². The van der Waals surface area contributed by atoms with Crippen molar-refractivity contribution >= 4 is 11.8 Å². The standard InChI is InChI=1S/C21H24FN3O2/c1-15(16-7-9-18(22)10-8-16)24-21(27)14-25-12-11-23-20(26)13-19(25)17-5-3-2-4-6-17/h2-10,15,19H,11-14H2,1H3,(H,23,26)(H,24,27). The number of carbonyl (C=O) groups is 2. The molecular weight excluding hydrogens is 345 g/mol. The number of nitrogens with zero attached hydrogens (tertiary/aromatic N) is 1. The largest absolute Gasteiger partial charge is 0.355 e. The third kappa shape index (κ3) is 5.14. The number of amides is 2. The molecule has 5 nitrogen and oxygen atoms in total. The topological polar surface area (TPSA) is 61.4 Å². The highest BCUT2D eigenvalue weighted by atomic mass is 19.1. The number of hydrogen-bond acceptors (Lipinski definition) is 3. The minimum absolute atomic E-state index is 0.00792. The molecular formula is C21H24FN3O2. The Labute approximate surface area is 158 Å². The second kappa shape index (κ2) is 8.77. The second-order valence-electron chi connectivity index (χ2n) is 6.79. The van der Waals surface area contributed by atoms with Crippen LogP contribution in [-0.4, -0.2) is 36.3 Å². The van der Waals surface area contributed by atoms with Crippen LogP contribution in [0.4, 0.5) is 4.39 Å². The minimum Gasteiger partial charge on any atom is -0.355 e. The molecule has 0 radical (unpaired) electrons. The summed E-state index contributed by atoms with van der Waals surface area (Å²) in [6.45, 7) is 3.18. The van der Waals surface area contributed by atoms with Crippen molar-refractivity contribution in [3.8, 4) is 0 Å². The van der Waals surface area contributed by atoms with E-state index in [1.54, 1.807) is 12.1 Å². The van der Waals surface area contributed by atoms with Gasteiger partial charge in [-0.25, -0.2) is 4.39 Å². The van der Waals surface area contributed by atoms with Gasteiger partial charge >= 0.3 is 0 Å². The first-order valence-electron chi connectivity index (χ1n) is 9.13. The van der Waals surface area contributed by atoms with Crippen LogP contribution in [0.3, 0.4) is 0 Å². The van der Waals surface area contributed by atoms with Crippen molar-refractivity contribution in [2.75, 3.05) is 19.6 Å². The minimum atomic E-state index is -0.301. The Balaban J connectivity index is 1.68. The Kier molecular flexibility index (Phi) is 6.19. The van der Waals surface area contributed by atoms with E-state index in [9.17, 15) is 14.0 Å². The zero-order valence-corrected chi connectivity index (χ0v) is 15.3. The van der Waals surface area contributed by atoms with Crippen LogP contribution in [0, 0.1) is 5.82 Å². The molecule has 142 valence electrons. The molecule has 1 saturated heterocycles. The smallest absolute Gasteiger partial charge is 0.234 e. The molecule has 0 spiro atoms. The summed E-state index contributed by atoms with van der Waals surface area (Å²) in [5.74, 6) is -0.432. The average molecular weight is 369 g/mol. The normalized spacial score (nSPS) is 19.0. The lowest BCUT2D eigenvalue weighted by molar-refractivity contribution is -0.125. The molecule has 2 atom stereocenters. The van der Waals surface area contributed by atoms with Crippen LogP contribution in [0.25, 0.3) is 0 Å². The van der Waals surface area contributed by atoms with Crippen LogP contribution >= 0.6 is 0 Å². The maximum Gasteiger partial charge on any atom is 0.234 e. The van der Waals surface area contributed by atoms with E-state index in [0.717, 1.165) is 11.1 Å². The summed E-state index contributed by atoms with van der Waals surface area (Å²) in [5, 5.41) is 5.83. The van der Waals surface area contributed by atoms with Crippen molar-refractivity contribution in [3.05, 3.63) is 71.5 Å². The second-order valence-corrected chi connectivity index (χ2v) is 6.79. The lowest BCUT2D eigenvalue weighted by Gasteiger charge is -2.29. The molecule has 1 aliphatic heterocycles. The van der Waals surface area contributed by atoms with E-state index in [2.05, 4.69) is 10.6 Å². The molecule has 1 heterocycles. The molecule has 6 heteroatoms. The SMILES string of the molecule is CC(NC(=O)CN1CCNC(=O)CC1c1ccccc1)c1ccc(F)cc1. The third-order valence-electron chi connectivity index (χ3n) is 4.82. The first-order chi connectivity index (χ1) is 13.0. The van der Waals surface area contributed by atoms with Crippen LogP contribution in [0.5, 0.6) is 0 Å². The zero-order chi connectivity index (χ0) is 19.2. The Hall–Kier alpha value is -2.73. The van der Waals surface area contributed by atoms with Gasteiger partial charge in [0.15, 0.2) is 0 Å². The van der Waals surface area contributed by atoms with Gasteiger partial charge in [0.25, 0.3) is 0 Å². The molecule has 1 fully saturated rings. The van der Waals surface area contributed by atoms with Crippen molar-refractivity contribution in [2.45, 2.75) is 25.4 Å². The lowest BCUT2D eigenvalue weighted by Crippen LogP contribution is -2.41. The fourth-order valence-electron chi connectivity index (χ4n) is 3.37. The summed E-state index contributed by atoms with van der Waals surface area (Å²) >= 11 is 0. The average Bonchev–Trinajstić information content (AvgIpc) is 2.84. The maximum absolute atomic E-state index is 13.1. The number of carbonyl (C=O) groups excluding carboxylic acids is 2. The predicted molar refractivity (Wildman–Crippen MR) is 101 cm³/mol. The quantitative estimate of drug-likeness (QED) is 0.852. The lowest BCUT2D eigenvalue weighted by atomic mass is 10.0. The van der Waals surface area contributed by atoms with E-state index in [0.29, 0.717) is 19.5 Å². The van der Waals surface area contributed by atoms with Gasteiger partial charge in [0.05, 0.1) is 12.6 Å². The molecule has 0 aromatic heterocycles. The van der Waals surface area contributed by atoms with Crippen molar-refractivity contribution in [2.24, 2.45) is 0 Å². The van der Waals surface area contributed by atoms with Gasteiger partial charge in [0.1, 0.15) is 5.82 Å². The van der Waals surface area contributed by atoms with Crippen LogP contribution in [0.15, 0.2) is 54.6 Å². The number of rotatable bonds is 5. The molecule has 0 bridgehead atoms. The summed E-state index contributed by atoms with van der Waals surface area (Å²) in [5.41, 5.74) is 1.87. The number of benzene rings is 2. The van der Waals surface area contributed by atoms with Gasteiger partial charge in [0.2, 0.25) is 11.8 Å². The van der Waals surface area contributed by atoms with Gasteiger partial charge in [-0.3, -0.25) is 14.5 Å². The van der Waals surface area contributed by atoms with Crippen molar-refractivity contribution in [1.82, 2.24) is 15.5 Å². The first-order valence-corrected chi connectivity index (χ1v) is 9.13. The summed E-state index contributed by atoms with van der Waals surface area (Å²) in [6.07, 6.45) is 0.324. The highest BCUT2D eigenvalue weighted by Gasteiger charge is 2.27. The fourth-order valence-corrected chi connectivity index (χ4v) is 3.37. The van der Waals surface area contributed by atoms with Gasteiger partial charge in [-0.2, -0.15) is 0 Å². The molecule has 1 aliphatic rings. The molecule has 2 unspecified atom stereocenters. The number of nitrogens with one attached hydrogen (secondary N) is 2. The Morgan fingerprint density at radius 3 is 2.63 bits per heavy atom. The summed E-state index contributed by atoms with van der Waals surface area (Å²) in [7, 11) is 0. The first kappa shape index (κ1) is 19.0. The van der Waals surface area contributed by atoms with E-state index in [1.807, 2.05) is 42.2 Å². The third-order valence-corrected chi connectivity index (χ3v) is 4.82. The molecule has 2 N–H and O–H groups in total. The van der Waals surface area contributed by atoms with Crippen LogP contribution in [0.2, 0.25) is 0 Å².